The van der Waals surface area contributed by atoms with Crippen LogP contribution in [0, 0.1) is 0 Å². The van der Waals surface area contributed by atoms with Gasteiger partial charge >= 0.3 is 0 Å². The lowest BCUT2D eigenvalue weighted by Crippen LogP contribution is -2.23. The second-order valence-corrected chi connectivity index (χ2v) is 7.19. The molecule has 0 radical (unpaired) electrons. The lowest BCUT2D eigenvalue weighted by molar-refractivity contribution is 0.569. The third kappa shape index (κ3) is 4.52. The van der Waals surface area contributed by atoms with Crippen LogP contribution >= 0.6 is 38.9 Å². The fraction of sp³-hybridized carbons (Fsp3) is 0.429. The van der Waals surface area contributed by atoms with Gasteiger partial charge in [0.15, 0.2) is 0 Å². The van der Waals surface area contributed by atoms with E-state index >= 15 is 0 Å². The average Bonchev–Trinajstić information content (AvgIpc) is 2.86. The van der Waals surface area contributed by atoms with E-state index in [0.717, 1.165) is 39.4 Å². The number of benzene rings is 1. The van der Waals surface area contributed by atoms with Crippen molar-refractivity contribution in [2.24, 2.45) is 0 Å². The van der Waals surface area contributed by atoms with Gasteiger partial charge in [0.25, 0.3) is 0 Å². The Kier molecular flexibility index (Phi) is 5.96. The summed E-state index contributed by atoms with van der Waals surface area (Å²) >= 11 is 11.2. The Morgan fingerprint density at radius 1 is 1.35 bits per heavy atom. The third-order valence-corrected chi connectivity index (χ3v) is 4.69. The van der Waals surface area contributed by atoms with Gasteiger partial charge in [-0.2, -0.15) is 0 Å². The zero-order valence-corrected chi connectivity index (χ0v) is 14.6. The predicted molar refractivity (Wildman–Crippen MR) is 89.5 cm³/mol. The Balaban J connectivity index is 2.00. The van der Waals surface area contributed by atoms with Crippen molar-refractivity contribution in [3.05, 3.63) is 32.7 Å². The van der Waals surface area contributed by atoms with Crippen LogP contribution in [0.25, 0.3) is 10.6 Å². The molecule has 2 rings (SSSR count). The smallest absolute Gasteiger partial charge is 0.148 e. The van der Waals surface area contributed by atoms with Gasteiger partial charge in [0.05, 0.1) is 0 Å². The largest absolute Gasteiger partial charge is 0.315 e. The highest BCUT2D eigenvalue weighted by atomic mass is 79.9. The number of aryl methyl sites for hydroxylation is 1. The maximum atomic E-state index is 6.03. The first-order chi connectivity index (χ1) is 9.56. The van der Waals surface area contributed by atoms with Crippen LogP contribution in [0.15, 0.2) is 22.7 Å². The fourth-order valence-electron chi connectivity index (χ4n) is 1.76. The van der Waals surface area contributed by atoms with E-state index in [4.69, 9.17) is 11.6 Å². The summed E-state index contributed by atoms with van der Waals surface area (Å²) in [5.74, 6) is 0. The summed E-state index contributed by atoms with van der Waals surface area (Å²) in [6.45, 7) is 5.31. The lowest BCUT2D eigenvalue weighted by Gasteiger charge is -2.05. The quantitative estimate of drug-likeness (QED) is 0.754. The Morgan fingerprint density at radius 2 is 2.15 bits per heavy atom. The van der Waals surface area contributed by atoms with E-state index in [1.54, 1.807) is 11.3 Å². The zero-order chi connectivity index (χ0) is 14.5. The van der Waals surface area contributed by atoms with Gasteiger partial charge in [-0.3, -0.25) is 0 Å². The van der Waals surface area contributed by atoms with E-state index in [9.17, 15) is 0 Å². The minimum absolute atomic E-state index is 0.530. The molecule has 0 unspecified atom stereocenters. The summed E-state index contributed by atoms with van der Waals surface area (Å²) in [4.78, 5) is 0. The molecule has 1 N–H and O–H groups in total. The molecular weight excluding hydrogens is 358 g/mol. The van der Waals surface area contributed by atoms with Crippen LogP contribution < -0.4 is 5.32 Å². The van der Waals surface area contributed by atoms with Crippen LogP contribution in [-0.4, -0.2) is 22.8 Å². The van der Waals surface area contributed by atoms with E-state index in [0.29, 0.717) is 11.1 Å². The molecule has 0 saturated heterocycles. The van der Waals surface area contributed by atoms with Crippen LogP contribution in [0.4, 0.5) is 0 Å². The van der Waals surface area contributed by atoms with Gasteiger partial charge in [-0.25, -0.2) is 0 Å². The van der Waals surface area contributed by atoms with Gasteiger partial charge in [0, 0.05) is 27.5 Å². The fourth-order valence-corrected chi connectivity index (χ4v) is 3.40. The number of halogens is 2. The molecule has 0 aliphatic rings. The van der Waals surface area contributed by atoms with Crippen molar-refractivity contribution in [2.75, 3.05) is 6.54 Å². The van der Waals surface area contributed by atoms with Crippen molar-refractivity contribution in [3.63, 3.8) is 0 Å². The van der Waals surface area contributed by atoms with Crippen LogP contribution in [0.1, 0.15) is 25.3 Å². The highest BCUT2D eigenvalue weighted by Gasteiger charge is 2.10. The van der Waals surface area contributed by atoms with Gasteiger partial charge in [-0.15, -0.1) is 10.2 Å². The second kappa shape index (κ2) is 7.50. The summed E-state index contributed by atoms with van der Waals surface area (Å²) in [5.41, 5.74) is 1.00. The van der Waals surface area contributed by atoms with Crippen molar-refractivity contribution in [2.45, 2.75) is 32.7 Å². The predicted octanol–water partition coefficient (Wildman–Crippen LogP) is 4.55. The van der Waals surface area contributed by atoms with Crippen molar-refractivity contribution >= 4 is 38.9 Å². The topological polar surface area (TPSA) is 37.8 Å². The molecule has 6 heteroatoms. The molecule has 20 heavy (non-hydrogen) atoms. The molecule has 0 amide bonds. The number of nitrogens with zero attached hydrogens (tertiary/aromatic N) is 2. The van der Waals surface area contributed by atoms with Crippen molar-refractivity contribution in [1.29, 1.82) is 0 Å². The monoisotopic (exact) mass is 373 g/mol. The number of aromatic nitrogens is 2. The first-order valence-electron chi connectivity index (χ1n) is 6.57. The van der Waals surface area contributed by atoms with E-state index in [2.05, 4.69) is 45.3 Å². The van der Waals surface area contributed by atoms with Gasteiger partial charge in [-0.1, -0.05) is 52.7 Å². The SMILES string of the molecule is CC(C)NCCCc1nnc(-c2cc(Cl)ccc2Br)s1. The molecule has 0 spiro atoms. The summed E-state index contributed by atoms with van der Waals surface area (Å²) in [6, 6.07) is 6.23. The van der Waals surface area contributed by atoms with Gasteiger partial charge in [0.2, 0.25) is 0 Å². The van der Waals surface area contributed by atoms with Gasteiger partial charge in [-0.05, 0) is 31.2 Å². The summed E-state index contributed by atoms with van der Waals surface area (Å²) in [7, 11) is 0. The molecule has 0 atom stereocenters. The van der Waals surface area contributed by atoms with E-state index in [1.807, 2.05) is 18.2 Å². The lowest BCUT2D eigenvalue weighted by atomic mass is 10.2. The molecule has 0 aliphatic heterocycles. The number of hydrogen-bond acceptors (Lipinski definition) is 4. The number of nitrogens with one attached hydrogen (secondary N) is 1. The van der Waals surface area contributed by atoms with Crippen LogP contribution in [0.2, 0.25) is 5.02 Å². The third-order valence-electron chi connectivity index (χ3n) is 2.75. The summed E-state index contributed by atoms with van der Waals surface area (Å²) in [6.07, 6.45) is 2.03. The zero-order valence-electron chi connectivity index (χ0n) is 11.5. The summed E-state index contributed by atoms with van der Waals surface area (Å²) < 4.78 is 0.992. The molecule has 0 fully saturated rings. The van der Waals surface area contributed by atoms with Gasteiger partial charge < -0.3 is 5.32 Å². The first kappa shape index (κ1) is 15.9. The van der Waals surface area contributed by atoms with Crippen molar-refractivity contribution < 1.29 is 0 Å². The van der Waals surface area contributed by atoms with E-state index < -0.39 is 0 Å². The van der Waals surface area contributed by atoms with Crippen LogP contribution in [0.3, 0.4) is 0 Å². The average molecular weight is 375 g/mol. The minimum atomic E-state index is 0.530. The highest BCUT2D eigenvalue weighted by Crippen LogP contribution is 2.32. The molecule has 0 saturated carbocycles. The molecule has 108 valence electrons. The molecular formula is C14H17BrClN3S. The van der Waals surface area contributed by atoms with Crippen LogP contribution in [-0.2, 0) is 6.42 Å². The molecule has 3 nitrogen and oxygen atoms in total. The highest BCUT2D eigenvalue weighted by molar-refractivity contribution is 9.10. The molecule has 0 bridgehead atoms. The number of hydrogen-bond donors (Lipinski definition) is 1. The molecule has 1 heterocycles. The van der Waals surface area contributed by atoms with Crippen LogP contribution in [0.5, 0.6) is 0 Å². The number of rotatable bonds is 6. The molecule has 1 aromatic heterocycles. The van der Waals surface area contributed by atoms with Crippen molar-refractivity contribution in [3.8, 4) is 10.6 Å². The Bertz CT molecular complexity index is 571. The Labute approximate surface area is 136 Å². The first-order valence-corrected chi connectivity index (χ1v) is 8.56. The Morgan fingerprint density at radius 3 is 2.90 bits per heavy atom. The minimum Gasteiger partial charge on any atom is -0.315 e. The molecule has 1 aromatic carbocycles. The van der Waals surface area contributed by atoms with Crippen molar-refractivity contribution in [1.82, 2.24) is 15.5 Å². The maximum Gasteiger partial charge on any atom is 0.148 e. The molecule has 2 aromatic rings. The standard InChI is InChI=1S/C14H17BrClN3S/c1-9(2)17-7-3-4-13-18-19-14(20-13)11-8-10(16)5-6-12(11)15/h5-6,8-9,17H,3-4,7H2,1-2H3. The summed E-state index contributed by atoms with van der Waals surface area (Å²) in [5, 5.41) is 14.6. The maximum absolute atomic E-state index is 6.03. The second-order valence-electron chi connectivity index (χ2n) is 4.84. The van der Waals surface area contributed by atoms with E-state index in [1.165, 1.54) is 0 Å². The Hall–Kier alpha value is -0.490. The van der Waals surface area contributed by atoms with E-state index in [-0.39, 0.29) is 0 Å². The van der Waals surface area contributed by atoms with Gasteiger partial charge in [0.1, 0.15) is 10.0 Å². The normalized spacial score (nSPS) is 11.2. The molecule has 0 aliphatic carbocycles.